The number of halogens is 2. The van der Waals surface area contributed by atoms with Gasteiger partial charge >= 0.3 is 33.3 Å². The Morgan fingerprint density at radius 2 is 1.02 bits per heavy atom. The Morgan fingerprint density at radius 3 is 1.45 bits per heavy atom. The van der Waals surface area contributed by atoms with Crippen LogP contribution in [-0.4, -0.2) is 20.7 Å². The first-order valence-corrected chi connectivity index (χ1v) is 18.6. The van der Waals surface area contributed by atoms with Gasteiger partial charge < -0.3 is 4.66 Å². The molecule has 4 aromatic carbocycles. The van der Waals surface area contributed by atoms with Crippen molar-refractivity contribution in [2.45, 2.75) is 20.8 Å². The summed E-state index contributed by atoms with van der Waals surface area (Å²) in [7, 11) is 6.88. The van der Waals surface area contributed by atoms with Gasteiger partial charge in [-0.15, -0.1) is 11.3 Å². The number of rotatable bonds is 7. The Kier molecular flexibility index (Phi) is 11.1. The molecule has 7 heteroatoms. The zero-order valence-corrected chi connectivity index (χ0v) is 27.0. The van der Waals surface area contributed by atoms with E-state index in [-0.39, 0.29) is 13.1 Å². The van der Waals surface area contributed by atoms with Crippen LogP contribution in [0.5, 0.6) is 0 Å². The van der Waals surface area contributed by atoms with Crippen molar-refractivity contribution in [1.29, 1.82) is 0 Å². The van der Waals surface area contributed by atoms with Crippen LogP contribution in [0.25, 0.3) is 0 Å². The van der Waals surface area contributed by atoms with Crippen molar-refractivity contribution < 1.29 is 13.1 Å². The summed E-state index contributed by atoms with van der Waals surface area (Å²) < 4.78 is 5.49. The average Bonchev–Trinajstić information content (AvgIpc) is 3.43. The molecule has 5 aromatic rings. The van der Waals surface area contributed by atoms with E-state index in [1.807, 2.05) is 6.21 Å². The molecule has 0 saturated heterocycles. The quantitative estimate of drug-likeness (QED) is 0.0982. The van der Waals surface area contributed by atoms with E-state index >= 15 is 0 Å². The standard InChI is InChI=1S/C33H30N2SSi.2ClH.Fe/c1-25-21-26(2)33(27(3)22-25)34-23-28-19-20-29(36-28)24-35-37(30-13-7-4-8-14-30,31-15-9-5-10-16-31)32-17-11-6-12-18-32;;;/h4-24H,1-3H3;2*1H;/q;;;+2/p-2/b34-23?,35-24+;;;. The topological polar surface area (TPSA) is 24.7 Å². The Balaban J connectivity index is 0.00000118. The third-order valence-corrected chi connectivity index (χ3v) is 11.5. The Hall–Kier alpha value is -2.76. The van der Waals surface area contributed by atoms with Gasteiger partial charge in [-0.1, -0.05) is 109 Å². The molecule has 204 valence electrons. The van der Waals surface area contributed by atoms with Crippen molar-refractivity contribution in [3.05, 3.63) is 142 Å². The molecule has 2 nitrogen and oxygen atoms in total. The van der Waals surface area contributed by atoms with Gasteiger partial charge in [-0.3, -0.25) is 4.99 Å². The van der Waals surface area contributed by atoms with Gasteiger partial charge in [0.05, 0.1) is 5.69 Å². The summed E-state index contributed by atoms with van der Waals surface area (Å²) in [4.78, 5) is 7.07. The average molecular weight is 642 g/mol. The van der Waals surface area contributed by atoms with Crippen LogP contribution in [0.4, 0.5) is 5.69 Å². The maximum absolute atomic E-state index is 5.49. The molecule has 0 fully saturated rings. The Bertz CT molecular complexity index is 1450. The van der Waals surface area contributed by atoms with Gasteiger partial charge in [0, 0.05) is 22.2 Å². The zero-order valence-electron chi connectivity index (χ0n) is 22.5. The van der Waals surface area contributed by atoms with Crippen molar-refractivity contribution in [2.75, 3.05) is 0 Å². The van der Waals surface area contributed by atoms with Crippen molar-refractivity contribution in [2.24, 2.45) is 9.65 Å². The van der Waals surface area contributed by atoms with Crippen molar-refractivity contribution in [3.63, 3.8) is 0 Å². The molecule has 0 radical (unpaired) electrons. The molecular formula is C33H30Cl2FeN2SSi. The Labute approximate surface area is 257 Å². The summed E-state index contributed by atoms with van der Waals surface area (Å²) >= 11 is 1.91. The van der Waals surface area contributed by atoms with Crippen LogP contribution in [-0.2, 0) is 13.1 Å². The molecule has 0 N–H and O–H groups in total. The molecule has 0 aliphatic rings. The molecule has 5 rings (SSSR count). The number of hydrogen-bond donors (Lipinski definition) is 0. The number of benzene rings is 4. The first kappa shape index (κ1) is 30.2. The van der Waals surface area contributed by atoms with Crippen LogP contribution in [0.1, 0.15) is 26.4 Å². The van der Waals surface area contributed by atoms with Crippen LogP contribution < -0.4 is 15.6 Å². The second-order valence-electron chi connectivity index (χ2n) is 9.36. The summed E-state index contributed by atoms with van der Waals surface area (Å²) in [6, 6.07) is 40.9. The minimum absolute atomic E-state index is 0.194. The van der Waals surface area contributed by atoms with Gasteiger partial charge in [-0.25, -0.2) is 0 Å². The molecule has 0 atom stereocenters. The fourth-order valence-electron chi connectivity index (χ4n) is 4.93. The summed E-state index contributed by atoms with van der Waals surface area (Å²) in [5.41, 5.74) is 4.73. The van der Waals surface area contributed by atoms with E-state index in [1.165, 1.54) is 32.3 Å². The molecule has 1 aromatic heterocycles. The van der Waals surface area contributed by atoms with Gasteiger partial charge in [0.1, 0.15) is 0 Å². The first-order valence-electron chi connectivity index (χ1n) is 12.8. The second-order valence-corrected chi connectivity index (χ2v) is 15.7. The minimum atomic E-state index is -2.65. The van der Waals surface area contributed by atoms with Gasteiger partial charge in [0.15, 0.2) is 0 Å². The molecule has 40 heavy (non-hydrogen) atoms. The van der Waals surface area contributed by atoms with Crippen LogP contribution >= 0.6 is 31.5 Å². The molecular weight excluding hydrogens is 611 g/mol. The normalized spacial score (nSPS) is 11.6. The van der Waals surface area contributed by atoms with Gasteiger partial charge in [-0.2, -0.15) is 0 Å². The number of aryl methyl sites for hydroxylation is 3. The monoisotopic (exact) mass is 640 g/mol. The third kappa shape index (κ3) is 7.30. The van der Waals surface area contributed by atoms with Gasteiger partial charge in [-0.05, 0) is 59.6 Å². The molecule has 0 bridgehead atoms. The predicted molar refractivity (Wildman–Crippen MR) is 176 cm³/mol. The van der Waals surface area contributed by atoms with Crippen molar-refractivity contribution in [3.8, 4) is 0 Å². The zero-order chi connectivity index (χ0) is 28.4. The maximum atomic E-state index is 5.49. The van der Waals surface area contributed by atoms with Gasteiger partial charge in [0.25, 0.3) is 8.24 Å². The van der Waals surface area contributed by atoms with E-state index in [9.17, 15) is 0 Å². The second kappa shape index (κ2) is 14.7. The summed E-state index contributed by atoms with van der Waals surface area (Å²) in [5.74, 6) is 0. The van der Waals surface area contributed by atoms with Crippen LogP contribution in [0.2, 0.25) is 0 Å². The van der Waals surface area contributed by atoms with Crippen molar-refractivity contribution in [1.82, 2.24) is 0 Å². The number of thiophene rings is 1. The molecule has 0 saturated carbocycles. The van der Waals surface area contributed by atoms with Crippen molar-refractivity contribution >= 4 is 73.4 Å². The van der Waals surface area contributed by atoms with E-state index in [1.54, 1.807) is 11.3 Å². The summed E-state index contributed by atoms with van der Waals surface area (Å²) in [6.07, 6.45) is 4.05. The fourth-order valence-corrected chi connectivity index (χ4v) is 9.59. The van der Waals surface area contributed by atoms with Crippen LogP contribution in [0.3, 0.4) is 0 Å². The van der Waals surface area contributed by atoms with E-state index < -0.39 is 8.24 Å². The molecule has 0 amide bonds. The van der Waals surface area contributed by atoms with Crippen LogP contribution in [0.15, 0.2) is 125 Å². The number of hydrogen-bond acceptors (Lipinski definition) is 3. The third-order valence-electron chi connectivity index (χ3n) is 6.56. The molecule has 0 unspecified atom stereocenters. The number of aliphatic imine (C=N–C) groups is 1. The molecule has 1 heterocycles. The molecule has 0 aliphatic carbocycles. The van der Waals surface area contributed by atoms with E-state index in [4.69, 9.17) is 29.8 Å². The number of nitrogens with zero attached hydrogens (tertiary/aromatic N) is 2. The summed E-state index contributed by atoms with van der Waals surface area (Å²) in [5, 5.41) is 3.81. The van der Waals surface area contributed by atoms with E-state index in [2.05, 4.69) is 142 Å². The predicted octanol–water partition coefficient (Wildman–Crippen LogP) is 7.89. The first-order chi connectivity index (χ1) is 19.5. The summed E-state index contributed by atoms with van der Waals surface area (Å²) in [6.45, 7) is 6.38. The molecule has 0 aliphatic heterocycles. The molecule has 0 spiro atoms. The van der Waals surface area contributed by atoms with E-state index in [0.29, 0.717) is 0 Å². The fraction of sp³-hybridized carbons (Fsp3) is 0.0909. The van der Waals surface area contributed by atoms with E-state index in [0.717, 1.165) is 15.4 Å². The SMILES string of the molecule is Cc1cc(C)c(N=Cc2ccc(/C=N/[Si](c3ccccc3)(c3ccccc3)c3ccccc3)s2)c(C)c1.[Cl][Fe][Cl]. The van der Waals surface area contributed by atoms with Gasteiger partial charge in [0.2, 0.25) is 0 Å². The van der Waals surface area contributed by atoms with Crippen LogP contribution in [0, 0.1) is 20.8 Å². The Morgan fingerprint density at radius 1 is 0.625 bits per heavy atom.